The highest BCUT2D eigenvalue weighted by molar-refractivity contribution is 5.18. The molecule has 92 valence electrons. The first-order valence-corrected chi connectivity index (χ1v) is 6.26. The fraction of sp³-hybridized carbons (Fsp3) is 0.571. The van der Waals surface area contributed by atoms with Gasteiger partial charge < -0.3 is 14.6 Å². The molecule has 2 aliphatic heterocycles. The fourth-order valence-corrected chi connectivity index (χ4v) is 2.89. The number of aliphatic hydroxyl groups is 1. The van der Waals surface area contributed by atoms with Crippen LogP contribution in [0.25, 0.3) is 0 Å². The molecule has 3 rings (SSSR count). The van der Waals surface area contributed by atoms with Crippen molar-refractivity contribution in [3.8, 4) is 0 Å². The van der Waals surface area contributed by atoms with Crippen molar-refractivity contribution in [1.29, 1.82) is 0 Å². The molecule has 1 N–H and O–H groups in total. The highest BCUT2D eigenvalue weighted by Crippen LogP contribution is 2.42. The van der Waals surface area contributed by atoms with Gasteiger partial charge >= 0.3 is 0 Å². The first-order chi connectivity index (χ1) is 8.25. The Morgan fingerprint density at radius 2 is 2.12 bits per heavy atom. The lowest BCUT2D eigenvalue weighted by molar-refractivity contribution is -0.145. The summed E-state index contributed by atoms with van der Waals surface area (Å²) in [6.07, 6.45) is 0.970. The van der Waals surface area contributed by atoms with Crippen LogP contribution in [-0.2, 0) is 15.9 Å². The minimum atomic E-state index is -0.471. The van der Waals surface area contributed by atoms with Crippen LogP contribution in [0.1, 0.15) is 18.9 Å². The van der Waals surface area contributed by atoms with Crippen LogP contribution in [0.4, 0.5) is 0 Å². The van der Waals surface area contributed by atoms with Gasteiger partial charge in [0.05, 0.1) is 12.7 Å². The van der Waals surface area contributed by atoms with E-state index in [0.717, 1.165) is 12.8 Å². The molecule has 1 unspecified atom stereocenters. The molecule has 0 saturated carbocycles. The Balaban J connectivity index is 1.75. The molecule has 0 radical (unpaired) electrons. The number of rotatable bonds is 3. The molecule has 3 nitrogen and oxygen atoms in total. The third kappa shape index (κ3) is 1.69. The van der Waals surface area contributed by atoms with Gasteiger partial charge in [-0.3, -0.25) is 0 Å². The van der Waals surface area contributed by atoms with Crippen LogP contribution in [0.15, 0.2) is 30.3 Å². The van der Waals surface area contributed by atoms with E-state index in [1.165, 1.54) is 5.56 Å². The van der Waals surface area contributed by atoms with Gasteiger partial charge in [-0.05, 0) is 12.0 Å². The minimum Gasteiger partial charge on any atom is -0.387 e. The smallest absolute Gasteiger partial charge is 0.120 e. The van der Waals surface area contributed by atoms with Crippen LogP contribution < -0.4 is 0 Å². The zero-order valence-corrected chi connectivity index (χ0v) is 10.0. The Labute approximate surface area is 101 Å². The molecule has 1 aromatic rings. The summed E-state index contributed by atoms with van der Waals surface area (Å²) in [6.45, 7) is 2.57. The predicted octanol–water partition coefficient (Wildman–Crippen LogP) is 1.54. The molecule has 2 fully saturated rings. The summed E-state index contributed by atoms with van der Waals surface area (Å²) in [4.78, 5) is 0. The quantitative estimate of drug-likeness (QED) is 0.862. The van der Waals surface area contributed by atoms with E-state index < -0.39 is 11.7 Å². The van der Waals surface area contributed by atoms with Crippen LogP contribution >= 0.6 is 0 Å². The highest BCUT2D eigenvalue weighted by atomic mass is 16.6. The van der Waals surface area contributed by atoms with Crippen molar-refractivity contribution in [3.05, 3.63) is 35.9 Å². The van der Waals surface area contributed by atoms with Crippen LogP contribution in [0.2, 0.25) is 0 Å². The van der Waals surface area contributed by atoms with E-state index in [0.29, 0.717) is 6.61 Å². The normalized spacial score (nSPS) is 39.8. The topological polar surface area (TPSA) is 38.7 Å². The Hall–Kier alpha value is -0.900. The van der Waals surface area contributed by atoms with E-state index in [2.05, 4.69) is 12.1 Å². The minimum absolute atomic E-state index is 0.0129. The van der Waals surface area contributed by atoms with E-state index in [9.17, 15) is 5.11 Å². The molecule has 2 aliphatic rings. The van der Waals surface area contributed by atoms with Gasteiger partial charge in [0.1, 0.15) is 17.8 Å². The Morgan fingerprint density at radius 3 is 2.76 bits per heavy atom. The maximum Gasteiger partial charge on any atom is 0.120 e. The third-order valence-corrected chi connectivity index (χ3v) is 4.00. The largest absolute Gasteiger partial charge is 0.387 e. The summed E-state index contributed by atoms with van der Waals surface area (Å²) < 4.78 is 11.7. The van der Waals surface area contributed by atoms with Crippen molar-refractivity contribution >= 4 is 0 Å². The van der Waals surface area contributed by atoms with Gasteiger partial charge in [0.15, 0.2) is 0 Å². The summed E-state index contributed by atoms with van der Waals surface area (Å²) in [6, 6.07) is 10.2. The number of benzene rings is 1. The lowest BCUT2D eigenvalue weighted by atomic mass is 9.95. The number of aliphatic hydroxyl groups excluding tert-OH is 1. The van der Waals surface area contributed by atoms with Gasteiger partial charge in [0.2, 0.25) is 0 Å². The van der Waals surface area contributed by atoms with E-state index in [4.69, 9.17) is 9.47 Å². The van der Waals surface area contributed by atoms with Crippen molar-refractivity contribution in [3.63, 3.8) is 0 Å². The summed E-state index contributed by atoms with van der Waals surface area (Å²) in [5, 5.41) is 10.2. The molecule has 3 heteroatoms. The standard InChI is InChI=1S/C14H18O3/c1-2-14-9-16-12(13(14)15)11(17-14)8-10-6-4-3-5-7-10/h3-7,11-13,15H,2,8-9H2,1H3/t11-,12+,13?,14-/m0/s1. The molecule has 2 heterocycles. The van der Waals surface area contributed by atoms with Crippen molar-refractivity contribution in [2.24, 2.45) is 0 Å². The molecule has 0 aromatic heterocycles. The number of hydrogen-bond donors (Lipinski definition) is 1. The van der Waals surface area contributed by atoms with E-state index >= 15 is 0 Å². The van der Waals surface area contributed by atoms with Crippen molar-refractivity contribution in [1.82, 2.24) is 0 Å². The average Bonchev–Trinajstić information content (AvgIpc) is 2.82. The molecular formula is C14H18O3. The first kappa shape index (κ1) is 11.2. The summed E-state index contributed by atoms with van der Waals surface area (Å²) >= 11 is 0. The fourth-order valence-electron chi connectivity index (χ4n) is 2.89. The Morgan fingerprint density at radius 1 is 1.35 bits per heavy atom. The van der Waals surface area contributed by atoms with E-state index in [1.54, 1.807) is 0 Å². The molecule has 2 bridgehead atoms. The van der Waals surface area contributed by atoms with Gasteiger partial charge in [0.25, 0.3) is 0 Å². The van der Waals surface area contributed by atoms with E-state index in [1.807, 2.05) is 25.1 Å². The zero-order valence-electron chi connectivity index (χ0n) is 10.0. The number of hydrogen-bond acceptors (Lipinski definition) is 3. The zero-order chi connectivity index (χ0) is 11.9. The van der Waals surface area contributed by atoms with E-state index in [-0.39, 0.29) is 12.2 Å². The van der Waals surface area contributed by atoms with Crippen LogP contribution in [0.5, 0.6) is 0 Å². The van der Waals surface area contributed by atoms with Crippen LogP contribution in [0.3, 0.4) is 0 Å². The maximum atomic E-state index is 10.2. The molecular weight excluding hydrogens is 216 g/mol. The molecule has 0 amide bonds. The van der Waals surface area contributed by atoms with Crippen molar-refractivity contribution < 1.29 is 14.6 Å². The van der Waals surface area contributed by atoms with Crippen molar-refractivity contribution in [2.45, 2.75) is 43.7 Å². The molecule has 4 atom stereocenters. The summed E-state index contributed by atoms with van der Waals surface area (Å²) in [5.41, 5.74) is 0.775. The van der Waals surface area contributed by atoms with Crippen molar-refractivity contribution in [2.75, 3.05) is 6.61 Å². The lowest BCUT2D eigenvalue weighted by Crippen LogP contribution is -2.40. The maximum absolute atomic E-state index is 10.2. The Bertz CT molecular complexity index is 392. The average molecular weight is 234 g/mol. The van der Waals surface area contributed by atoms with Gasteiger partial charge in [0, 0.05) is 6.42 Å². The second kappa shape index (κ2) is 4.09. The number of ether oxygens (including phenoxy) is 2. The highest BCUT2D eigenvalue weighted by Gasteiger charge is 2.59. The molecule has 1 aromatic carbocycles. The Kier molecular flexibility index (Phi) is 2.69. The molecule has 2 saturated heterocycles. The predicted molar refractivity (Wildman–Crippen MR) is 63.8 cm³/mol. The summed E-state index contributed by atoms with van der Waals surface area (Å²) in [7, 11) is 0. The van der Waals surface area contributed by atoms with Gasteiger partial charge in [-0.2, -0.15) is 0 Å². The first-order valence-electron chi connectivity index (χ1n) is 6.26. The van der Waals surface area contributed by atoms with Crippen LogP contribution in [0, 0.1) is 0 Å². The van der Waals surface area contributed by atoms with Gasteiger partial charge in [-0.15, -0.1) is 0 Å². The molecule has 0 aliphatic carbocycles. The molecule has 0 spiro atoms. The van der Waals surface area contributed by atoms with Gasteiger partial charge in [-0.1, -0.05) is 37.3 Å². The van der Waals surface area contributed by atoms with Gasteiger partial charge in [-0.25, -0.2) is 0 Å². The third-order valence-electron chi connectivity index (χ3n) is 4.00. The molecule has 17 heavy (non-hydrogen) atoms. The van der Waals surface area contributed by atoms with Crippen LogP contribution in [-0.4, -0.2) is 35.6 Å². The lowest BCUT2D eigenvalue weighted by Gasteiger charge is -2.29. The SMILES string of the molecule is CC[C@]12CO[C@@H](C1O)[C@H](Cc1ccccc1)O2. The second-order valence-corrected chi connectivity index (χ2v) is 4.98. The number of fused-ring (bicyclic) bond motifs is 2. The summed E-state index contributed by atoms with van der Waals surface area (Å²) in [5.74, 6) is 0. The second-order valence-electron chi connectivity index (χ2n) is 4.98. The monoisotopic (exact) mass is 234 g/mol.